The van der Waals surface area contributed by atoms with Crippen LogP contribution < -0.4 is 4.74 Å². The quantitative estimate of drug-likeness (QED) is 0.343. The maximum absolute atomic E-state index is 12.7. The molecule has 1 aliphatic heterocycles. The number of carbonyl (C=O) groups excluding carboxylic acids is 1. The van der Waals surface area contributed by atoms with Crippen molar-refractivity contribution in [3.8, 4) is 5.75 Å². The molecule has 8 nitrogen and oxygen atoms in total. The van der Waals surface area contributed by atoms with E-state index in [1.807, 2.05) is 76.6 Å². The van der Waals surface area contributed by atoms with Crippen molar-refractivity contribution in [2.45, 2.75) is 25.4 Å². The molecule has 4 aromatic rings. The number of piperidine rings is 1. The number of imidazole rings is 1. The fourth-order valence-electron chi connectivity index (χ4n) is 4.34. The maximum Gasteiger partial charge on any atom is 0.232 e. The lowest BCUT2D eigenvalue weighted by Gasteiger charge is -2.32. The van der Waals surface area contributed by atoms with Gasteiger partial charge in [0.1, 0.15) is 23.8 Å². The molecule has 1 saturated heterocycles. The molecule has 0 radical (unpaired) electrons. The molecule has 0 saturated carbocycles. The zero-order chi connectivity index (χ0) is 23.2. The lowest BCUT2D eigenvalue weighted by molar-refractivity contribution is -0.129. The average Bonchev–Trinajstić information content (AvgIpc) is 3.52. The highest BCUT2D eigenvalue weighted by molar-refractivity contribution is 7.99. The van der Waals surface area contributed by atoms with E-state index in [0.717, 1.165) is 54.3 Å². The molecule has 5 rings (SSSR count). The summed E-state index contributed by atoms with van der Waals surface area (Å²) in [6.45, 7) is 2.72. The molecule has 9 heteroatoms. The molecule has 2 aromatic carbocycles. The Kier molecular flexibility index (Phi) is 7.09. The second kappa shape index (κ2) is 10.7. The number of amides is 1. The van der Waals surface area contributed by atoms with Crippen molar-refractivity contribution in [1.82, 2.24) is 29.4 Å². The van der Waals surface area contributed by atoms with Crippen LogP contribution in [-0.4, -0.2) is 66.6 Å². The summed E-state index contributed by atoms with van der Waals surface area (Å²) in [5.74, 6) is 3.76. The van der Waals surface area contributed by atoms with Crippen molar-refractivity contribution in [2.24, 2.45) is 0 Å². The first-order valence-corrected chi connectivity index (χ1v) is 12.8. The molecule has 1 fully saturated rings. The Morgan fingerprint density at radius 3 is 2.71 bits per heavy atom. The highest BCUT2D eigenvalue weighted by Crippen LogP contribution is 2.27. The van der Waals surface area contributed by atoms with Crippen LogP contribution in [0, 0.1) is 0 Å². The van der Waals surface area contributed by atoms with Crippen LogP contribution in [0.5, 0.6) is 5.75 Å². The van der Waals surface area contributed by atoms with Crippen LogP contribution in [0.1, 0.15) is 24.6 Å². The number of hydrogen-bond acceptors (Lipinski definition) is 6. The Morgan fingerprint density at radius 2 is 1.85 bits per heavy atom. The second-order valence-corrected chi connectivity index (χ2v) is 9.45. The third-order valence-corrected chi connectivity index (χ3v) is 7.04. The number of benzene rings is 2. The van der Waals surface area contributed by atoms with Crippen LogP contribution in [-0.2, 0) is 11.5 Å². The van der Waals surface area contributed by atoms with Crippen LogP contribution in [0.2, 0.25) is 0 Å². The molecular formula is C25H28N6O2S. The van der Waals surface area contributed by atoms with E-state index in [1.165, 1.54) is 0 Å². The average molecular weight is 477 g/mol. The number of ether oxygens (including phenoxy) is 1. The number of nitrogens with zero attached hydrogens (tertiary/aromatic N) is 6. The van der Waals surface area contributed by atoms with Crippen LogP contribution in [0.4, 0.5) is 0 Å². The first-order valence-electron chi connectivity index (χ1n) is 11.6. The molecule has 0 aliphatic carbocycles. The van der Waals surface area contributed by atoms with Crippen molar-refractivity contribution in [3.63, 3.8) is 0 Å². The topological polar surface area (TPSA) is 78.1 Å². The summed E-state index contributed by atoms with van der Waals surface area (Å²) in [7, 11) is 0. The Balaban J connectivity index is 1.08. The summed E-state index contributed by atoms with van der Waals surface area (Å²) in [6.07, 6.45) is 5.68. The SMILES string of the molecule is O=C(CSCCOc1ccccc1)N1CCC(c2nccn2Cn2nnc3ccccc32)CC1. The molecular weight excluding hydrogens is 448 g/mol. The summed E-state index contributed by atoms with van der Waals surface area (Å²) in [4.78, 5) is 19.3. The van der Waals surface area contributed by atoms with Gasteiger partial charge in [0.25, 0.3) is 0 Å². The number of likely N-dealkylation sites (tertiary alicyclic amines) is 1. The van der Waals surface area contributed by atoms with Gasteiger partial charge in [-0.2, -0.15) is 0 Å². The van der Waals surface area contributed by atoms with Crippen LogP contribution in [0.25, 0.3) is 11.0 Å². The summed E-state index contributed by atoms with van der Waals surface area (Å²) in [5, 5.41) is 8.55. The maximum atomic E-state index is 12.7. The summed E-state index contributed by atoms with van der Waals surface area (Å²) >= 11 is 1.63. The number of rotatable bonds is 9. The first kappa shape index (κ1) is 22.5. The van der Waals surface area contributed by atoms with Crippen LogP contribution >= 0.6 is 11.8 Å². The van der Waals surface area contributed by atoms with Gasteiger partial charge in [-0.15, -0.1) is 16.9 Å². The van der Waals surface area contributed by atoms with E-state index >= 15 is 0 Å². The standard InChI is InChI=1S/C25H28N6O2S/c32-24(18-34-17-16-33-21-6-2-1-3-7-21)29-13-10-20(11-14-29)25-26-12-15-30(25)19-31-23-9-5-4-8-22(23)27-28-31/h1-9,12,15,20H,10-11,13-14,16-19H2. The monoisotopic (exact) mass is 476 g/mol. The van der Waals surface area contributed by atoms with Gasteiger partial charge in [0, 0.05) is 37.2 Å². The molecule has 1 aliphatic rings. The molecule has 0 N–H and O–H groups in total. The third-order valence-electron chi connectivity index (χ3n) is 6.13. The van der Waals surface area contributed by atoms with Gasteiger partial charge in [0.15, 0.2) is 0 Å². The predicted octanol–water partition coefficient (Wildman–Crippen LogP) is 3.65. The second-order valence-electron chi connectivity index (χ2n) is 8.34. The minimum Gasteiger partial charge on any atom is -0.493 e. The van der Waals surface area contributed by atoms with Gasteiger partial charge < -0.3 is 14.2 Å². The van der Waals surface area contributed by atoms with E-state index in [9.17, 15) is 4.79 Å². The van der Waals surface area contributed by atoms with Crippen molar-refractivity contribution in [3.05, 3.63) is 72.8 Å². The Bertz CT molecular complexity index is 1220. The predicted molar refractivity (Wildman–Crippen MR) is 133 cm³/mol. The Hall–Kier alpha value is -3.33. The highest BCUT2D eigenvalue weighted by atomic mass is 32.2. The highest BCUT2D eigenvalue weighted by Gasteiger charge is 2.26. The Morgan fingerprint density at radius 1 is 1.06 bits per heavy atom. The Labute approximate surface area is 202 Å². The van der Waals surface area contributed by atoms with Gasteiger partial charge in [-0.05, 0) is 37.1 Å². The normalized spacial score (nSPS) is 14.5. The van der Waals surface area contributed by atoms with E-state index in [-0.39, 0.29) is 5.91 Å². The molecule has 2 aromatic heterocycles. The zero-order valence-corrected chi connectivity index (χ0v) is 19.8. The number of fused-ring (bicyclic) bond motifs is 1. The van der Waals surface area contributed by atoms with Crippen molar-refractivity contribution in [2.75, 3.05) is 31.2 Å². The zero-order valence-electron chi connectivity index (χ0n) is 19.0. The van der Waals surface area contributed by atoms with Gasteiger partial charge in [-0.25, -0.2) is 9.67 Å². The molecule has 0 atom stereocenters. The summed E-state index contributed by atoms with van der Waals surface area (Å²) in [6, 6.07) is 17.7. The van der Waals surface area contributed by atoms with Crippen molar-refractivity contribution < 1.29 is 9.53 Å². The van der Waals surface area contributed by atoms with Crippen LogP contribution in [0.15, 0.2) is 67.0 Å². The van der Waals surface area contributed by atoms with E-state index in [0.29, 0.717) is 24.9 Å². The largest absolute Gasteiger partial charge is 0.493 e. The molecule has 176 valence electrons. The van der Waals surface area contributed by atoms with Crippen LogP contribution in [0.3, 0.4) is 0 Å². The van der Waals surface area contributed by atoms with E-state index in [4.69, 9.17) is 4.74 Å². The van der Waals surface area contributed by atoms with Gasteiger partial charge in [-0.1, -0.05) is 35.5 Å². The van der Waals surface area contributed by atoms with E-state index < -0.39 is 0 Å². The van der Waals surface area contributed by atoms with Crippen molar-refractivity contribution >= 4 is 28.7 Å². The fraction of sp³-hybridized carbons (Fsp3) is 0.360. The first-order chi connectivity index (χ1) is 16.8. The lowest BCUT2D eigenvalue weighted by Crippen LogP contribution is -2.39. The van der Waals surface area contributed by atoms with E-state index in [1.54, 1.807) is 11.8 Å². The summed E-state index contributed by atoms with van der Waals surface area (Å²) in [5.41, 5.74) is 1.90. The summed E-state index contributed by atoms with van der Waals surface area (Å²) < 4.78 is 9.74. The molecule has 3 heterocycles. The molecule has 34 heavy (non-hydrogen) atoms. The van der Waals surface area contributed by atoms with Gasteiger partial charge in [-0.3, -0.25) is 4.79 Å². The van der Waals surface area contributed by atoms with Crippen molar-refractivity contribution in [1.29, 1.82) is 0 Å². The number of para-hydroxylation sites is 2. The molecule has 0 unspecified atom stereocenters. The lowest BCUT2D eigenvalue weighted by atomic mass is 9.96. The van der Waals surface area contributed by atoms with Gasteiger partial charge in [0.2, 0.25) is 5.91 Å². The fourth-order valence-corrected chi connectivity index (χ4v) is 5.04. The number of thioether (sulfide) groups is 1. The number of hydrogen-bond donors (Lipinski definition) is 0. The number of carbonyl (C=O) groups is 1. The van der Waals surface area contributed by atoms with E-state index in [2.05, 4.69) is 19.9 Å². The molecule has 0 spiro atoms. The van der Waals surface area contributed by atoms with Gasteiger partial charge in [0.05, 0.1) is 17.9 Å². The molecule has 1 amide bonds. The minimum atomic E-state index is 0.209. The smallest absolute Gasteiger partial charge is 0.232 e. The van der Waals surface area contributed by atoms with Gasteiger partial charge >= 0.3 is 0 Å². The number of aromatic nitrogens is 5. The molecule has 0 bridgehead atoms. The third kappa shape index (κ3) is 5.25. The minimum absolute atomic E-state index is 0.209.